The van der Waals surface area contributed by atoms with Crippen molar-refractivity contribution >= 4 is 22.7 Å². The number of benzene rings is 2. The SMILES string of the molecule is OCC1CCCCN1c1nc(NCCc2ccc(F)cc2)c2ccccc2n1. The van der Waals surface area contributed by atoms with Crippen LogP contribution in [0.1, 0.15) is 24.8 Å². The summed E-state index contributed by atoms with van der Waals surface area (Å²) in [5.41, 5.74) is 1.96. The first-order valence-corrected chi connectivity index (χ1v) is 9.87. The number of aliphatic hydroxyl groups is 1. The van der Waals surface area contributed by atoms with E-state index in [0.717, 1.165) is 54.5 Å². The van der Waals surface area contributed by atoms with Gasteiger partial charge < -0.3 is 15.3 Å². The summed E-state index contributed by atoms with van der Waals surface area (Å²) in [6.45, 7) is 1.66. The summed E-state index contributed by atoms with van der Waals surface area (Å²) < 4.78 is 13.1. The van der Waals surface area contributed by atoms with Crippen molar-refractivity contribution in [1.82, 2.24) is 9.97 Å². The van der Waals surface area contributed by atoms with Crippen LogP contribution in [0.5, 0.6) is 0 Å². The zero-order valence-electron chi connectivity index (χ0n) is 15.8. The van der Waals surface area contributed by atoms with E-state index in [1.54, 1.807) is 12.1 Å². The van der Waals surface area contributed by atoms with Gasteiger partial charge in [-0.3, -0.25) is 0 Å². The first kappa shape index (κ1) is 18.6. The van der Waals surface area contributed by atoms with Crippen LogP contribution in [0, 0.1) is 5.82 Å². The predicted octanol–water partition coefficient (Wildman–Crippen LogP) is 3.77. The van der Waals surface area contributed by atoms with Crippen LogP contribution in [0.25, 0.3) is 10.9 Å². The van der Waals surface area contributed by atoms with Crippen molar-refractivity contribution in [1.29, 1.82) is 0 Å². The Hall–Kier alpha value is -2.73. The molecule has 0 bridgehead atoms. The highest BCUT2D eigenvalue weighted by molar-refractivity contribution is 5.90. The Labute approximate surface area is 164 Å². The molecule has 146 valence electrons. The topological polar surface area (TPSA) is 61.3 Å². The highest BCUT2D eigenvalue weighted by Gasteiger charge is 2.24. The molecule has 28 heavy (non-hydrogen) atoms. The molecule has 6 heteroatoms. The first-order chi connectivity index (χ1) is 13.7. The lowest BCUT2D eigenvalue weighted by molar-refractivity contribution is 0.239. The number of hydrogen-bond donors (Lipinski definition) is 2. The molecule has 1 atom stereocenters. The number of aromatic nitrogens is 2. The van der Waals surface area contributed by atoms with Gasteiger partial charge in [-0.05, 0) is 55.5 Å². The Morgan fingerprint density at radius 1 is 1.07 bits per heavy atom. The maximum absolute atomic E-state index is 13.1. The van der Waals surface area contributed by atoms with Gasteiger partial charge in [0.25, 0.3) is 0 Å². The van der Waals surface area contributed by atoms with Crippen LogP contribution in [0.3, 0.4) is 0 Å². The van der Waals surface area contributed by atoms with Gasteiger partial charge in [0.15, 0.2) is 0 Å². The number of aliphatic hydroxyl groups excluding tert-OH is 1. The quantitative estimate of drug-likeness (QED) is 0.682. The largest absolute Gasteiger partial charge is 0.394 e. The number of para-hydroxylation sites is 1. The Morgan fingerprint density at radius 3 is 2.71 bits per heavy atom. The lowest BCUT2D eigenvalue weighted by atomic mass is 10.0. The van der Waals surface area contributed by atoms with Crippen LogP contribution in [-0.2, 0) is 6.42 Å². The van der Waals surface area contributed by atoms with E-state index >= 15 is 0 Å². The first-order valence-electron chi connectivity index (χ1n) is 9.87. The lowest BCUT2D eigenvalue weighted by Gasteiger charge is -2.34. The molecular formula is C22H25FN4O. The number of nitrogens with zero attached hydrogens (tertiary/aromatic N) is 3. The fourth-order valence-corrected chi connectivity index (χ4v) is 3.76. The van der Waals surface area contributed by atoms with Gasteiger partial charge in [-0.1, -0.05) is 24.3 Å². The van der Waals surface area contributed by atoms with E-state index in [1.807, 2.05) is 24.3 Å². The van der Waals surface area contributed by atoms with Crippen molar-refractivity contribution in [2.75, 3.05) is 29.9 Å². The van der Waals surface area contributed by atoms with Crippen molar-refractivity contribution in [3.05, 3.63) is 59.9 Å². The average molecular weight is 380 g/mol. The Kier molecular flexibility index (Phi) is 5.67. The van der Waals surface area contributed by atoms with E-state index in [9.17, 15) is 9.50 Å². The Morgan fingerprint density at radius 2 is 1.89 bits per heavy atom. The van der Waals surface area contributed by atoms with Crippen LogP contribution < -0.4 is 10.2 Å². The van der Waals surface area contributed by atoms with Gasteiger partial charge >= 0.3 is 0 Å². The van der Waals surface area contributed by atoms with E-state index in [4.69, 9.17) is 9.97 Å². The van der Waals surface area contributed by atoms with Gasteiger partial charge in [0.2, 0.25) is 5.95 Å². The number of hydrogen-bond acceptors (Lipinski definition) is 5. The highest BCUT2D eigenvalue weighted by Crippen LogP contribution is 2.27. The molecular weight excluding hydrogens is 355 g/mol. The molecule has 3 aromatic rings. The van der Waals surface area contributed by atoms with E-state index in [-0.39, 0.29) is 18.5 Å². The van der Waals surface area contributed by atoms with Gasteiger partial charge in [-0.25, -0.2) is 9.37 Å². The minimum absolute atomic E-state index is 0.0713. The summed E-state index contributed by atoms with van der Waals surface area (Å²) in [6.07, 6.45) is 3.94. The number of anilines is 2. The number of nitrogens with one attached hydrogen (secondary N) is 1. The van der Waals surface area contributed by atoms with E-state index < -0.39 is 0 Å². The van der Waals surface area contributed by atoms with Gasteiger partial charge in [0.05, 0.1) is 18.2 Å². The molecule has 2 heterocycles. The lowest BCUT2D eigenvalue weighted by Crippen LogP contribution is -2.43. The zero-order chi connectivity index (χ0) is 19.3. The third-order valence-electron chi connectivity index (χ3n) is 5.31. The van der Waals surface area contributed by atoms with Crippen molar-refractivity contribution in [2.45, 2.75) is 31.7 Å². The summed E-state index contributed by atoms with van der Waals surface area (Å²) in [7, 11) is 0. The van der Waals surface area contributed by atoms with E-state index in [2.05, 4.69) is 10.2 Å². The molecule has 0 radical (unpaired) electrons. The molecule has 4 rings (SSSR count). The molecule has 1 fully saturated rings. The number of halogens is 1. The molecule has 0 saturated carbocycles. The Balaban J connectivity index is 1.58. The minimum Gasteiger partial charge on any atom is -0.394 e. The van der Waals surface area contributed by atoms with Crippen LogP contribution in [-0.4, -0.2) is 40.8 Å². The number of piperidine rings is 1. The molecule has 0 spiro atoms. The molecule has 0 amide bonds. The second-order valence-electron chi connectivity index (χ2n) is 7.22. The molecule has 2 N–H and O–H groups in total. The smallest absolute Gasteiger partial charge is 0.228 e. The third kappa shape index (κ3) is 4.07. The van der Waals surface area contributed by atoms with Gasteiger partial charge in [-0.2, -0.15) is 4.98 Å². The fraction of sp³-hybridized carbons (Fsp3) is 0.364. The molecule has 2 aromatic carbocycles. The van der Waals surface area contributed by atoms with Crippen molar-refractivity contribution in [3.63, 3.8) is 0 Å². The molecule has 1 aromatic heterocycles. The highest BCUT2D eigenvalue weighted by atomic mass is 19.1. The molecule has 5 nitrogen and oxygen atoms in total. The normalized spacial score (nSPS) is 17.1. The molecule has 1 aliphatic rings. The second-order valence-corrected chi connectivity index (χ2v) is 7.22. The summed E-state index contributed by atoms with van der Waals surface area (Å²) >= 11 is 0. The van der Waals surface area contributed by atoms with Crippen LogP contribution >= 0.6 is 0 Å². The van der Waals surface area contributed by atoms with Crippen molar-refractivity contribution in [2.24, 2.45) is 0 Å². The van der Waals surface area contributed by atoms with Gasteiger partial charge in [-0.15, -0.1) is 0 Å². The summed E-state index contributed by atoms with van der Waals surface area (Å²) in [6, 6.07) is 14.6. The second kappa shape index (κ2) is 8.52. The minimum atomic E-state index is -0.219. The van der Waals surface area contributed by atoms with Crippen LogP contribution in [0.4, 0.5) is 16.2 Å². The molecule has 1 saturated heterocycles. The Bertz CT molecular complexity index is 931. The summed E-state index contributed by atoms with van der Waals surface area (Å²) in [5.74, 6) is 1.25. The molecule has 1 unspecified atom stereocenters. The van der Waals surface area contributed by atoms with Gasteiger partial charge in [0, 0.05) is 18.5 Å². The maximum atomic E-state index is 13.1. The van der Waals surface area contributed by atoms with Crippen molar-refractivity contribution in [3.8, 4) is 0 Å². The standard InChI is InChI=1S/C22H25FN4O/c23-17-10-8-16(9-11-17)12-13-24-21-19-6-1-2-7-20(19)25-22(26-21)27-14-4-3-5-18(27)15-28/h1-2,6-11,18,28H,3-5,12-15H2,(H,24,25,26). The monoisotopic (exact) mass is 380 g/mol. The summed E-state index contributed by atoms with van der Waals surface area (Å²) in [4.78, 5) is 11.7. The maximum Gasteiger partial charge on any atom is 0.228 e. The predicted molar refractivity (Wildman–Crippen MR) is 110 cm³/mol. The van der Waals surface area contributed by atoms with Gasteiger partial charge in [0.1, 0.15) is 11.6 Å². The van der Waals surface area contributed by atoms with Crippen LogP contribution in [0.15, 0.2) is 48.5 Å². The molecule has 0 aliphatic carbocycles. The van der Waals surface area contributed by atoms with E-state index in [0.29, 0.717) is 12.5 Å². The third-order valence-corrected chi connectivity index (χ3v) is 5.31. The molecule has 1 aliphatic heterocycles. The summed E-state index contributed by atoms with van der Waals surface area (Å²) in [5, 5.41) is 14.2. The number of rotatable bonds is 6. The van der Waals surface area contributed by atoms with Crippen LogP contribution in [0.2, 0.25) is 0 Å². The van der Waals surface area contributed by atoms with Crippen molar-refractivity contribution < 1.29 is 9.50 Å². The number of fused-ring (bicyclic) bond motifs is 1. The zero-order valence-corrected chi connectivity index (χ0v) is 15.8. The van der Waals surface area contributed by atoms with E-state index in [1.165, 1.54) is 12.1 Å². The fourth-order valence-electron chi connectivity index (χ4n) is 3.76. The average Bonchev–Trinajstić information content (AvgIpc) is 2.75.